The number of hydrogen-bond donors (Lipinski definition) is 0. The van der Waals surface area contributed by atoms with E-state index in [4.69, 9.17) is 4.74 Å². The lowest BCUT2D eigenvalue weighted by molar-refractivity contribution is -0.128. The number of likely N-dealkylation sites (tertiary alicyclic amines) is 1. The number of Topliss-reactive ketones (excluding diaryl/α,β-unsaturated/α-hetero) is 1. The highest BCUT2D eigenvalue weighted by Gasteiger charge is 2.24. The zero-order valence-corrected chi connectivity index (χ0v) is 18.0. The fourth-order valence-corrected chi connectivity index (χ4v) is 4.20. The molecule has 0 N–H and O–H groups in total. The topological polar surface area (TPSA) is 90.2 Å². The molecule has 160 valence electrons. The molecule has 31 heavy (non-hydrogen) atoms. The minimum atomic E-state index is -0.0285. The second-order valence-corrected chi connectivity index (χ2v) is 8.15. The van der Waals surface area contributed by atoms with Gasteiger partial charge in [0.25, 0.3) is 0 Å². The molecule has 2 aromatic heterocycles. The van der Waals surface area contributed by atoms with Crippen molar-refractivity contribution in [3.05, 3.63) is 60.0 Å². The van der Waals surface area contributed by atoms with Crippen LogP contribution in [0, 0.1) is 0 Å². The van der Waals surface area contributed by atoms with Crippen LogP contribution in [0.2, 0.25) is 0 Å². The molecule has 8 nitrogen and oxygen atoms in total. The van der Waals surface area contributed by atoms with Gasteiger partial charge in [0.15, 0.2) is 16.8 Å². The third-order valence-electron chi connectivity index (χ3n) is 4.92. The van der Waals surface area contributed by atoms with Crippen molar-refractivity contribution in [1.82, 2.24) is 24.6 Å². The Morgan fingerprint density at radius 1 is 1.16 bits per heavy atom. The monoisotopic (exact) mass is 437 g/mol. The first-order chi connectivity index (χ1) is 15.1. The number of rotatable bonds is 9. The van der Waals surface area contributed by atoms with Gasteiger partial charge < -0.3 is 9.64 Å². The highest BCUT2D eigenvalue weighted by Crippen LogP contribution is 2.24. The number of nitrogens with zero attached hydrogens (tertiary/aromatic N) is 5. The third-order valence-corrected chi connectivity index (χ3v) is 5.81. The smallest absolute Gasteiger partial charge is 0.223 e. The Balaban J connectivity index is 1.47. The summed E-state index contributed by atoms with van der Waals surface area (Å²) in [7, 11) is 0. The van der Waals surface area contributed by atoms with Crippen LogP contribution in [0.3, 0.4) is 0 Å². The maximum absolute atomic E-state index is 12.1. The van der Waals surface area contributed by atoms with Crippen molar-refractivity contribution in [3.8, 4) is 11.6 Å². The Bertz CT molecular complexity index is 1070. The third kappa shape index (κ3) is 4.93. The van der Waals surface area contributed by atoms with Crippen molar-refractivity contribution in [2.24, 2.45) is 0 Å². The van der Waals surface area contributed by atoms with E-state index in [0.29, 0.717) is 53.4 Å². The van der Waals surface area contributed by atoms with Crippen molar-refractivity contribution in [2.45, 2.75) is 31.5 Å². The number of hydrogen-bond acceptors (Lipinski definition) is 7. The van der Waals surface area contributed by atoms with Gasteiger partial charge in [0, 0.05) is 24.9 Å². The summed E-state index contributed by atoms with van der Waals surface area (Å²) < 4.78 is 7.72. The van der Waals surface area contributed by atoms with Crippen LogP contribution in [0.5, 0.6) is 5.75 Å². The van der Waals surface area contributed by atoms with Crippen LogP contribution in [0.15, 0.2) is 53.8 Å². The molecule has 0 radical (unpaired) electrons. The average molecular weight is 438 g/mol. The van der Waals surface area contributed by atoms with Crippen LogP contribution in [-0.4, -0.2) is 55.2 Å². The normalized spacial score (nSPS) is 13.6. The number of para-hydroxylation sites is 1. The first-order valence-electron chi connectivity index (χ1n) is 10.1. The molecule has 1 aliphatic heterocycles. The van der Waals surface area contributed by atoms with Crippen molar-refractivity contribution in [2.75, 3.05) is 18.9 Å². The van der Waals surface area contributed by atoms with E-state index in [1.807, 2.05) is 34.9 Å². The molecule has 0 bridgehead atoms. The van der Waals surface area contributed by atoms with Crippen molar-refractivity contribution < 1.29 is 14.3 Å². The number of ether oxygens (including phenoxy) is 1. The van der Waals surface area contributed by atoms with Gasteiger partial charge in [-0.15, -0.1) is 10.2 Å². The molecule has 3 aromatic rings. The van der Waals surface area contributed by atoms with Gasteiger partial charge in [-0.25, -0.2) is 4.98 Å². The minimum Gasteiger partial charge on any atom is -0.492 e. The lowest BCUT2D eigenvalue weighted by Crippen LogP contribution is -2.25. The molecular formula is C22H23N5O3S. The van der Waals surface area contributed by atoms with Gasteiger partial charge in [0.2, 0.25) is 5.91 Å². The van der Waals surface area contributed by atoms with Crippen LogP contribution < -0.4 is 4.74 Å². The SMILES string of the molecule is CC(=O)c1ccccc1OCCSc1nnc(CN2CCCC2=O)n1-c1ccccn1. The predicted octanol–water partition coefficient (Wildman–Crippen LogP) is 3.16. The summed E-state index contributed by atoms with van der Waals surface area (Å²) in [6, 6.07) is 12.9. The molecule has 1 saturated heterocycles. The van der Waals surface area contributed by atoms with Crippen LogP contribution in [0.4, 0.5) is 0 Å². The first kappa shape index (κ1) is 21.0. The molecule has 3 heterocycles. The van der Waals surface area contributed by atoms with Gasteiger partial charge in [-0.1, -0.05) is 30.0 Å². The van der Waals surface area contributed by atoms with Gasteiger partial charge >= 0.3 is 0 Å². The summed E-state index contributed by atoms with van der Waals surface area (Å²) in [5, 5.41) is 9.36. The Morgan fingerprint density at radius 3 is 2.74 bits per heavy atom. The van der Waals surface area contributed by atoms with Crippen molar-refractivity contribution in [1.29, 1.82) is 0 Å². The second kappa shape index (κ2) is 9.74. The Labute approximate surface area is 184 Å². The molecular weight excluding hydrogens is 414 g/mol. The zero-order chi connectivity index (χ0) is 21.6. The summed E-state index contributed by atoms with van der Waals surface area (Å²) in [6.07, 6.45) is 3.17. The summed E-state index contributed by atoms with van der Waals surface area (Å²) in [5.74, 6) is 2.69. The molecule has 9 heteroatoms. The van der Waals surface area contributed by atoms with Crippen LogP contribution >= 0.6 is 11.8 Å². The summed E-state index contributed by atoms with van der Waals surface area (Å²) in [6.45, 7) is 3.08. The van der Waals surface area contributed by atoms with Gasteiger partial charge in [0.1, 0.15) is 11.6 Å². The summed E-state index contributed by atoms with van der Waals surface area (Å²) >= 11 is 1.49. The van der Waals surface area contributed by atoms with Gasteiger partial charge in [-0.2, -0.15) is 0 Å². The van der Waals surface area contributed by atoms with E-state index in [2.05, 4.69) is 15.2 Å². The number of aromatic nitrogens is 4. The number of thioether (sulfide) groups is 1. The average Bonchev–Trinajstić information content (AvgIpc) is 3.38. The van der Waals surface area contributed by atoms with Crippen LogP contribution in [0.25, 0.3) is 5.82 Å². The zero-order valence-electron chi connectivity index (χ0n) is 17.2. The lowest BCUT2D eigenvalue weighted by Gasteiger charge is -2.16. The standard InChI is InChI=1S/C22H23N5O3S/c1-16(28)17-7-2-3-8-18(17)30-13-14-31-22-25-24-20(15-26-12-6-10-21(26)29)27(22)19-9-4-5-11-23-19/h2-5,7-9,11H,6,10,12-15H2,1H3. The minimum absolute atomic E-state index is 0.0285. The maximum atomic E-state index is 12.1. The molecule has 0 atom stereocenters. The molecule has 0 spiro atoms. The van der Waals surface area contributed by atoms with E-state index in [1.54, 1.807) is 23.2 Å². The molecule has 1 aromatic carbocycles. The number of amides is 1. The molecule has 1 aliphatic rings. The highest BCUT2D eigenvalue weighted by molar-refractivity contribution is 7.99. The van der Waals surface area contributed by atoms with E-state index in [1.165, 1.54) is 18.7 Å². The molecule has 1 amide bonds. The fraction of sp³-hybridized carbons (Fsp3) is 0.318. The summed E-state index contributed by atoms with van der Waals surface area (Å²) in [4.78, 5) is 30.1. The van der Waals surface area contributed by atoms with E-state index < -0.39 is 0 Å². The quantitative estimate of drug-likeness (QED) is 0.288. The molecule has 1 fully saturated rings. The number of carbonyl (C=O) groups is 2. The highest BCUT2D eigenvalue weighted by atomic mass is 32.2. The largest absolute Gasteiger partial charge is 0.492 e. The maximum Gasteiger partial charge on any atom is 0.223 e. The Morgan fingerprint density at radius 2 is 2.00 bits per heavy atom. The van der Waals surface area contributed by atoms with Crippen molar-refractivity contribution in [3.63, 3.8) is 0 Å². The van der Waals surface area contributed by atoms with E-state index in [-0.39, 0.29) is 11.7 Å². The number of benzene rings is 1. The number of carbonyl (C=O) groups excluding carboxylic acids is 2. The van der Waals surface area contributed by atoms with Crippen LogP contribution in [-0.2, 0) is 11.3 Å². The van der Waals surface area contributed by atoms with E-state index in [0.717, 1.165) is 13.0 Å². The Kier molecular flexibility index (Phi) is 6.61. The second-order valence-electron chi connectivity index (χ2n) is 7.09. The predicted molar refractivity (Wildman–Crippen MR) is 116 cm³/mol. The van der Waals surface area contributed by atoms with Crippen LogP contribution in [0.1, 0.15) is 35.9 Å². The van der Waals surface area contributed by atoms with Crippen molar-refractivity contribution >= 4 is 23.5 Å². The van der Waals surface area contributed by atoms with Gasteiger partial charge in [-0.05, 0) is 37.6 Å². The van der Waals surface area contributed by atoms with Gasteiger partial charge in [-0.3, -0.25) is 14.2 Å². The van der Waals surface area contributed by atoms with Gasteiger partial charge in [0.05, 0.1) is 18.7 Å². The van der Waals surface area contributed by atoms with E-state index in [9.17, 15) is 9.59 Å². The lowest BCUT2D eigenvalue weighted by atomic mass is 10.1. The molecule has 0 saturated carbocycles. The van der Waals surface area contributed by atoms with E-state index >= 15 is 0 Å². The first-order valence-corrected chi connectivity index (χ1v) is 11.1. The molecule has 0 aliphatic carbocycles. The Hall–Kier alpha value is -3.20. The summed E-state index contributed by atoms with van der Waals surface area (Å²) in [5.41, 5.74) is 0.571. The molecule has 0 unspecified atom stereocenters. The molecule has 4 rings (SSSR count). The number of pyridine rings is 1. The number of ketones is 1. The fourth-order valence-electron chi connectivity index (χ4n) is 3.42.